The highest BCUT2D eigenvalue weighted by Crippen LogP contribution is 2.27. The fraction of sp³-hybridized carbons (Fsp3) is 0.538. The van der Waals surface area contributed by atoms with Crippen molar-refractivity contribution in [2.24, 2.45) is 5.92 Å². The van der Waals surface area contributed by atoms with Gasteiger partial charge in [0, 0.05) is 12.3 Å². The van der Waals surface area contributed by atoms with Crippen molar-refractivity contribution in [3.05, 3.63) is 35.9 Å². The molecule has 1 aliphatic carbocycles. The predicted molar refractivity (Wildman–Crippen MR) is 62.2 cm³/mol. The second kappa shape index (κ2) is 5.60. The lowest BCUT2D eigenvalue weighted by Crippen LogP contribution is -2.31. The second-order valence-corrected chi connectivity index (χ2v) is 4.53. The monoisotopic (exact) mass is 238 g/mol. The maximum Gasteiger partial charge on any atom is 0.0874 e. The van der Waals surface area contributed by atoms with E-state index in [1.54, 1.807) is 0 Å². The Morgan fingerprint density at radius 2 is 1.76 bits per heavy atom. The molecular weight excluding hydrogens is 220 g/mol. The van der Waals surface area contributed by atoms with Gasteiger partial charge in [-0.25, -0.2) is 0 Å². The smallest absolute Gasteiger partial charge is 0.0874 e. The van der Waals surface area contributed by atoms with Crippen molar-refractivity contribution in [1.29, 1.82) is 0 Å². The van der Waals surface area contributed by atoms with Crippen LogP contribution in [0.2, 0.25) is 0 Å². The van der Waals surface area contributed by atoms with Crippen molar-refractivity contribution in [2.45, 2.75) is 31.3 Å². The number of benzene rings is 1. The molecule has 4 heteroatoms. The van der Waals surface area contributed by atoms with E-state index in [-0.39, 0.29) is 13.0 Å². The molecular formula is C13H18O4. The Labute approximate surface area is 100 Å². The van der Waals surface area contributed by atoms with Gasteiger partial charge in [-0.1, -0.05) is 30.3 Å². The molecule has 0 saturated heterocycles. The van der Waals surface area contributed by atoms with Crippen LogP contribution in [0.5, 0.6) is 0 Å². The molecule has 4 atom stereocenters. The zero-order valence-corrected chi connectivity index (χ0v) is 9.57. The Kier molecular flexibility index (Phi) is 4.12. The minimum absolute atomic E-state index is 0.223. The van der Waals surface area contributed by atoms with E-state index in [0.717, 1.165) is 5.56 Å². The molecule has 17 heavy (non-hydrogen) atoms. The first-order chi connectivity index (χ1) is 8.18. The van der Waals surface area contributed by atoms with Crippen LogP contribution in [-0.2, 0) is 11.3 Å². The molecule has 0 amide bonds. The van der Waals surface area contributed by atoms with Crippen LogP contribution in [0.25, 0.3) is 0 Å². The molecule has 1 fully saturated rings. The topological polar surface area (TPSA) is 69.9 Å². The van der Waals surface area contributed by atoms with Gasteiger partial charge in [-0.3, -0.25) is 0 Å². The molecule has 0 spiro atoms. The highest BCUT2D eigenvalue weighted by molar-refractivity contribution is 5.13. The molecule has 2 rings (SSSR count). The van der Waals surface area contributed by atoms with Crippen LogP contribution >= 0.6 is 0 Å². The van der Waals surface area contributed by atoms with Crippen LogP contribution in [0, 0.1) is 5.92 Å². The van der Waals surface area contributed by atoms with Crippen LogP contribution in [0.1, 0.15) is 12.0 Å². The lowest BCUT2D eigenvalue weighted by molar-refractivity contribution is -0.0286. The molecule has 1 aromatic rings. The van der Waals surface area contributed by atoms with Crippen molar-refractivity contribution in [3.63, 3.8) is 0 Å². The molecule has 0 aromatic heterocycles. The second-order valence-electron chi connectivity index (χ2n) is 4.53. The lowest BCUT2D eigenvalue weighted by atomic mass is 10.1. The van der Waals surface area contributed by atoms with Gasteiger partial charge in [-0.05, 0) is 5.56 Å². The van der Waals surface area contributed by atoms with Crippen molar-refractivity contribution in [2.75, 3.05) is 6.61 Å². The number of hydrogen-bond donors (Lipinski definition) is 3. The molecule has 0 radical (unpaired) electrons. The van der Waals surface area contributed by atoms with E-state index < -0.39 is 24.2 Å². The summed E-state index contributed by atoms with van der Waals surface area (Å²) in [7, 11) is 0. The molecule has 0 heterocycles. The first-order valence-electron chi connectivity index (χ1n) is 5.84. The van der Waals surface area contributed by atoms with Gasteiger partial charge in [-0.15, -0.1) is 0 Å². The Bertz CT molecular complexity index is 341. The van der Waals surface area contributed by atoms with Gasteiger partial charge in [0.05, 0.1) is 31.5 Å². The molecule has 1 aromatic carbocycles. The van der Waals surface area contributed by atoms with E-state index in [2.05, 4.69) is 0 Å². The maximum atomic E-state index is 9.64. The van der Waals surface area contributed by atoms with Gasteiger partial charge in [-0.2, -0.15) is 0 Å². The summed E-state index contributed by atoms with van der Waals surface area (Å²) in [4.78, 5) is 0. The van der Waals surface area contributed by atoms with Crippen LogP contribution in [0.3, 0.4) is 0 Å². The minimum Gasteiger partial charge on any atom is -0.393 e. The Morgan fingerprint density at radius 3 is 2.35 bits per heavy atom. The third-order valence-electron chi connectivity index (χ3n) is 3.23. The zero-order valence-electron chi connectivity index (χ0n) is 9.57. The van der Waals surface area contributed by atoms with E-state index in [1.165, 1.54) is 0 Å². The molecule has 1 saturated carbocycles. The van der Waals surface area contributed by atoms with Crippen LogP contribution in [0.15, 0.2) is 30.3 Å². The molecule has 3 N–H and O–H groups in total. The van der Waals surface area contributed by atoms with Crippen molar-refractivity contribution < 1.29 is 20.1 Å². The van der Waals surface area contributed by atoms with Gasteiger partial charge in [0.15, 0.2) is 0 Å². The molecule has 0 bridgehead atoms. The van der Waals surface area contributed by atoms with Crippen molar-refractivity contribution >= 4 is 0 Å². The number of hydrogen-bond acceptors (Lipinski definition) is 4. The van der Waals surface area contributed by atoms with Gasteiger partial charge in [0.1, 0.15) is 0 Å². The summed E-state index contributed by atoms with van der Waals surface area (Å²) in [5.74, 6) is -0.395. The highest BCUT2D eigenvalue weighted by atomic mass is 16.5. The fourth-order valence-electron chi connectivity index (χ4n) is 2.17. The summed E-state index contributed by atoms with van der Waals surface area (Å²) in [5.41, 5.74) is 1.05. The van der Waals surface area contributed by atoms with Crippen molar-refractivity contribution in [1.82, 2.24) is 0 Å². The Hall–Kier alpha value is -0.940. The largest absolute Gasteiger partial charge is 0.393 e. The van der Waals surface area contributed by atoms with Crippen LogP contribution < -0.4 is 0 Å². The third-order valence-corrected chi connectivity index (χ3v) is 3.23. The van der Waals surface area contributed by atoms with Crippen LogP contribution in [0.4, 0.5) is 0 Å². The minimum atomic E-state index is -0.888. The van der Waals surface area contributed by atoms with E-state index in [9.17, 15) is 15.3 Å². The maximum absolute atomic E-state index is 9.64. The van der Waals surface area contributed by atoms with E-state index in [0.29, 0.717) is 6.61 Å². The summed E-state index contributed by atoms with van der Waals surface area (Å²) in [6.45, 7) is 0.709. The normalized spacial score (nSPS) is 32.9. The molecule has 0 unspecified atom stereocenters. The quantitative estimate of drug-likeness (QED) is 0.706. The molecule has 4 nitrogen and oxygen atoms in total. The Morgan fingerprint density at radius 1 is 1.06 bits per heavy atom. The number of rotatable bonds is 4. The summed E-state index contributed by atoms with van der Waals surface area (Å²) < 4.78 is 5.46. The first kappa shape index (κ1) is 12.5. The lowest BCUT2D eigenvalue weighted by Gasteiger charge is -2.18. The van der Waals surface area contributed by atoms with Crippen molar-refractivity contribution in [3.8, 4) is 0 Å². The first-order valence-corrected chi connectivity index (χ1v) is 5.84. The van der Waals surface area contributed by atoms with E-state index in [1.807, 2.05) is 30.3 Å². The summed E-state index contributed by atoms with van der Waals surface area (Å²) in [5, 5.41) is 28.7. The average Bonchev–Trinajstić information content (AvgIpc) is 2.57. The highest BCUT2D eigenvalue weighted by Gasteiger charge is 2.40. The number of ether oxygens (including phenoxy) is 1. The standard InChI is InChI=1S/C13H18O4/c14-11-6-12(15)13(16)10(11)8-17-7-9-4-2-1-3-5-9/h1-5,10-16H,6-8H2/t10-,11+,12+,13+/m1/s1. The molecule has 94 valence electrons. The fourth-order valence-corrected chi connectivity index (χ4v) is 2.17. The third kappa shape index (κ3) is 3.04. The van der Waals surface area contributed by atoms with Gasteiger partial charge >= 0.3 is 0 Å². The summed E-state index contributed by atoms with van der Waals surface area (Å²) >= 11 is 0. The van der Waals surface area contributed by atoms with Gasteiger partial charge < -0.3 is 20.1 Å². The average molecular weight is 238 g/mol. The molecule has 0 aliphatic heterocycles. The van der Waals surface area contributed by atoms with E-state index in [4.69, 9.17) is 4.74 Å². The predicted octanol–water partition coefficient (Wildman–Crippen LogP) is 0.306. The SMILES string of the molecule is O[C@H]1[C@H](COCc2ccccc2)[C@@H](O)C[C@@H]1O. The zero-order chi connectivity index (χ0) is 12.3. The summed E-state index contributed by atoms with van der Waals surface area (Å²) in [6, 6.07) is 9.71. The number of aliphatic hydroxyl groups is 3. The number of aliphatic hydroxyl groups excluding tert-OH is 3. The van der Waals surface area contributed by atoms with Gasteiger partial charge in [0.2, 0.25) is 0 Å². The Balaban J connectivity index is 1.79. The summed E-state index contributed by atoms with van der Waals surface area (Å²) in [6.07, 6.45) is -2.19. The van der Waals surface area contributed by atoms with E-state index >= 15 is 0 Å². The molecule has 1 aliphatic rings. The van der Waals surface area contributed by atoms with Crippen LogP contribution in [-0.4, -0.2) is 40.2 Å². The van der Waals surface area contributed by atoms with Gasteiger partial charge in [0.25, 0.3) is 0 Å².